The molecule has 0 fully saturated rings. The highest BCUT2D eigenvalue weighted by molar-refractivity contribution is 5.73. The fourth-order valence-corrected chi connectivity index (χ4v) is 0.569. The molecule has 0 aliphatic heterocycles. The Morgan fingerprint density at radius 1 is 1.25 bits per heavy atom. The molecule has 0 aliphatic rings. The average Bonchev–Trinajstić information content (AvgIpc) is 1.84. The van der Waals surface area contributed by atoms with Gasteiger partial charge in [-0.25, -0.2) is 4.79 Å². The Balaban J connectivity index is 4.12. The first-order valence-electron chi connectivity index (χ1n) is 2.95. The Morgan fingerprint density at radius 2 is 1.67 bits per heavy atom. The van der Waals surface area contributed by atoms with Crippen LogP contribution >= 0.6 is 0 Å². The minimum atomic E-state index is -1.21. The Morgan fingerprint density at radius 3 is 1.92 bits per heavy atom. The first-order valence-corrected chi connectivity index (χ1v) is 2.95. The molecule has 0 bridgehead atoms. The first-order chi connectivity index (χ1) is 5.56. The maximum atomic E-state index is 10.1. The first kappa shape index (κ1) is 10.2. The zero-order valence-electron chi connectivity index (χ0n) is 6.06. The second-order valence-corrected chi connectivity index (χ2v) is 1.94. The molecule has 0 aromatic carbocycles. The fraction of sp³-hybridized carbons (Fsp3) is 0.333. The van der Waals surface area contributed by atoms with E-state index in [4.69, 9.17) is 10.2 Å². The van der Waals surface area contributed by atoms with Gasteiger partial charge in [0, 0.05) is 0 Å². The van der Waals surface area contributed by atoms with Crippen LogP contribution in [0.5, 0.6) is 0 Å². The Kier molecular flexibility index (Phi) is 4.18. The van der Waals surface area contributed by atoms with Crippen LogP contribution in [0.25, 0.3) is 0 Å². The molecule has 0 heterocycles. The van der Waals surface area contributed by atoms with E-state index in [-0.39, 0.29) is 0 Å². The summed E-state index contributed by atoms with van der Waals surface area (Å²) in [6.07, 6.45) is 0.752. The standard InChI is InChI=1S/C6H7NO5/c8-2-1-7(3-5(9)10)4-6(11)12/h1H,3-4H2,(H,9,10)(H,11,12). The SMILES string of the molecule is O=C=CN(CC(=O)O)CC(=O)O. The Bertz CT molecular complexity index is 214. The molecule has 2 N–H and O–H groups in total. The van der Waals surface area contributed by atoms with Crippen LogP contribution in [0.3, 0.4) is 0 Å². The molecule has 0 aromatic heterocycles. The molecule has 0 aromatic rings. The number of nitrogens with zero attached hydrogens (tertiary/aromatic N) is 1. The van der Waals surface area contributed by atoms with Crippen LogP contribution in [0.2, 0.25) is 0 Å². The lowest BCUT2D eigenvalue weighted by atomic mass is 10.5. The van der Waals surface area contributed by atoms with Crippen molar-refractivity contribution in [3.05, 3.63) is 6.20 Å². The molecule has 6 nitrogen and oxygen atoms in total. The minimum absolute atomic E-state index is 0.526. The number of carboxylic acids is 2. The molecule has 0 aliphatic carbocycles. The van der Waals surface area contributed by atoms with Gasteiger partial charge in [0.2, 0.25) is 0 Å². The van der Waals surface area contributed by atoms with Gasteiger partial charge in [-0.2, -0.15) is 0 Å². The maximum Gasteiger partial charge on any atom is 0.323 e. The van der Waals surface area contributed by atoms with Gasteiger partial charge in [-0.15, -0.1) is 0 Å². The summed E-state index contributed by atoms with van der Waals surface area (Å²) in [6.45, 7) is -1.05. The van der Waals surface area contributed by atoms with Gasteiger partial charge in [0.05, 0.1) is 6.20 Å². The number of hydrogen-bond acceptors (Lipinski definition) is 4. The molecule has 0 radical (unpaired) electrons. The van der Waals surface area contributed by atoms with Crippen LogP contribution in [0.4, 0.5) is 0 Å². The minimum Gasteiger partial charge on any atom is -0.480 e. The van der Waals surface area contributed by atoms with Crippen LogP contribution < -0.4 is 0 Å². The van der Waals surface area contributed by atoms with E-state index in [1.165, 1.54) is 5.94 Å². The van der Waals surface area contributed by atoms with Crippen molar-refractivity contribution in [3.63, 3.8) is 0 Å². The van der Waals surface area contributed by atoms with E-state index in [9.17, 15) is 14.4 Å². The highest BCUT2D eigenvalue weighted by Crippen LogP contribution is 1.86. The molecule has 0 atom stereocenters. The van der Waals surface area contributed by atoms with Gasteiger partial charge in [-0.05, 0) is 0 Å². The zero-order chi connectivity index (χ0) is 9.56. The van der Waals surface area contributed by atoms with E-state index in [1.807, 2.05) is 0 Å². The molecule has 6 heteroatoms. The molecule has 0 saturated carbocycles. The van der Waals surface area contributed by atoms with E-state index >= 15 is 0 Å². The van der Waals surface area contributed by atoms with Gasteiger partial charge in [0.1, 0.15) is 19.0 Å². The van der Waals surface area contributed by atoms with Crippen molar-refractivity contribution in [1.29, 1.82) is 0 Å². The summed E-state index contributed by atoms with van der Waals surface area (Å²) in [5, 5.41) is 16.5. The Hall–Kier alpha value is -1.81. The summed E-state index contributed by atoms with van der Waals surface area (Å²) in [5.41, 5.74) is 0. The van der Waals surface area contributed by atoms with E-state index < -0.39 is 25.0 Å². The van der Waals surface area contributed by atoms with Crippen molar-refractivity contribution in [3.8, 4) is 0 Å². The lowest BCUT2D eigenvalue weighted by Gasteiger charge is -2.11. The third kappa shape index (κ3) is 5.01. The quantitative estimate of drug-likeness (QED) is 0.507. The number of carbonyl (C=O) groups is 2. The van der Waals surface area contributed by atoms with Crippen LogP contribution in [-0.2, 0) is 14.4 Å². The molecule has 0 spiro atoms. The van der Waals surface area contributed by atoms with Crippen molar-refractivity contribution in [1.82, 2.24) is 4.90 Å². The van der Waals surface area contributed by atoms with Gasteiger partial charge in [0.15, 0.2) is 0 Å². The van der Waals surface area contributed by atoms with Gasteiger partial charge in [-0.1, -0.05) is 0 Å². The molecule has 0 amide bonds. The van der Waals surface area contributed by atoms with Crippen LogP contribution in [0, 0.1) is 0 Å². The van der Waals surface area contributed by atoms with Crippen molar-refractivity contribution in [2.24, 2.45) is 0 Å². The lowest BCUT2D eigenvalue weighted by Crippen LogP contribution is -2.30. The molecule has 0 saturated heterocycles. The van der Waals surface area contributed by atoms with Crippen molar-refractivity contribution in [2.75, 3.05) is 13.1 Å². The van der Waals surface area contributed by atoms with Gasteiger partial charge in [-0.3, -0.25) is 9.59 Å². The van der Waals surface area contributed by atoms with Gasteiger partial charge < -0.3 is 15.1 Å². The van der Waals surface area contributed by atoms with Crippen molar-refractivity contribution >= 4 is 17.9 Å². The monoisotopic (exact) mass is 173 g/mol. The average molecular weight is 173 g/mol. The van der Waals surface area contributed by atoms with Crippen molar-refractivity contribution in [2.45, 2.75) is 0 Å². The summed E-state index contributed by atoms with van der Waals surface area (Å²) in [6, 6.07) is 0. The van der Waals surface area contributed by atoms with E-state index in [1.54, 1.807) is 0 Å². The van der Waals surface area contributed by atoms with Crippen LogP contribution in [0.1, 0.15) is 0 Å². The molecule has 0 rings (SSSR count). The fourth-order valence-electron chi connectivity index (χ4n) is 0.569. The summed E-state index contributed by atoms with van der Waals surface area (Å²) in [5.74, 6) is -1.11. The largest absolute Gasteiger partial charge is 0.480 e. The van der Waals surface area contributed by atoms with E-state index in [0.29, 0.717) is 0 Å². The summed E-state index contributed by atoms with van der Waals surface area (Å²) >= 11 is 0. The van der Waals surface area contributed by atoms with Crippen molar-refractivity contribution < 1.29 is 24.6 Å². The number of carbonyl (C=O) groups excluding carboxylic acids is 1. The molecular weight excluding hydrogens is 166 g/mol. The normalized spacial score (nSPS) is 8.33. The summed E-state index contributed by atoms with van der Waals surface area (Å²) < 4.78 is 0. The number of aliphatic carboxylic acids is 2. The molecule has 12 heavy (non-hydrogen) atoms. The maximum absolute atomic E-state index is 10.1. The van der Waals surface area contributed by atoms with Gasteiger partial charge >= 0.3 is 11.9 Å². The Labute approximate surface area is 67.7 Å². The smallest absolute Gasteiger partial charge is 0.323 e. The van der Waals surface area contributed by atoms with Crippen LogP contribution in [0.15, 0.2) is 6.20 Å². The van der Waals surface area contributed by atoms with Crippen LogP contribution in [-0.4, -0.2) is 46.1 Å². The second-order valence-electron chi connectivity index (χ2n) is 1.94. The predicted molar refractivity (Wildman–Crippen MR) is 37.1 cm³/mol. The van der Waals surface area contributed by atoms with Gasteiger partial charge in [0.25, 0.3) is 0 Å². The molecule has 66 valence electrons. The third-order valence-electron chi connectivity index (χ3n) is 0.912. The highest BCUT2D eigenvalue weighted by atomic mass is 16.4. The van der Waals surface area contributed by atoms with E-state index in [2.05, 4.69) is 0 Å². The number of hydrogen-bond donors (Lipinski definition) is 2. The van der Waals surface area contributed by atoms with E-state index in [0.717, 1.165) is 11.1 Å². The second kappa shape index (κ2) is 4.92. The predicted octanol–water partition coefficient (Wildman–Crippen LogP) is -1.20. The summed E-state index contributed by atoms with van der Waals surface area (Å²) in [7, 11) is 0. The lowest BCUT2D eigenvalue weighted by molar-refractivity contribution is -0.140. The molecule has 0 unspecified atom stereocenters. The highest BCUT2D eigenvalue weighted by Gasteiger charge is 2.08. The zero-order valence-corrected chi connectivity index (χ0v) is 6.06. The summed E-state index contributed by atoms with van der Waals surface area (Å²) in [4.78, 5) is 30.8. The number of rotatable bonds is 5. The third-order valence-corrected chi connectivity index (χ3v) is 0.912. The molecular formula is C6H7NO5. The number of carboxylic acid groups (broad SMARTS) is 2. The topological polar surface area (TPSA) is 94.9 Å².